The van der Waals surface area contributed by atoms with Gasteiger partial charge in [0.05, 0.1) is 0 Å². The molecule has 1 aliphatic carbocycles. The van der Waals surface area contributed by atoms with Crippen LogP contribution < -0.4 is 5.32 Å². The second-order valence-corrected chi connectivity index (χ2v) is 4.08. The van der Waals surface area contributed by atoms with Crippen LogP contribution in [0.25, 0.3) is 0 Å². The zero-order chi connectivity index (χ0) is 8.67. The Balaban J connectivity index is 1.98. The highest BCUT2D eigenvalue weighted by atomic mass is 15.0. The zero-order valence-electron chi connectivity index (χ0n) is 7.71. The van der Waals surface area contributed by atoms with Crippen LogP contribution in [0.4, 0.5) is 5.82 Å². The predicted octanol–water partition coefficient (Wildman–Crippen LogP) is 2.32. The van der Waals surface area contributed by atoms with Crippen molar-refractivity contribution in [1.82, 2.24) is 4.98 Å². The van der Waals surface area contributed by atoms with E-state index in [1.165, 1.54) is 36.8 Å². The van der Waals surface area contributed by atoms with Crippen molar-refractivity contribution in [3.05, 3.63) is 23.4 Å². The molecule has 1 saturated carbocycles. The normalized spacial score (nSPS) is 20.6. The quantitative estimate of drug-likeness (QED) is 0.706. The minimum atomic E-state index is 0.833. The van der Waals surface area contributed by atoms with E-state index in [0.717, 1.165) is 18.3 Å². The molecule has 3 rings (SSSR count). The fourth-order valence-electron chi connectivity index (χ4n) is 2.00. The fraction of sp³-hybridized carbons (Fsp3) is 0.545. The third-order valence-electron chi connectivity index (χ3n) is 2.95. The molecule has 0 unspecified atom stereocenters. The molecule has 1 fully saturated rings. The first-order valence-corrected chi connectivity index (χ1v) is 5.16. The van der Waals surface area contributed by atoms with Crippen molar-refractivity contribution in [3.8, 4) is 0 Å². The molecule has 1 aromatic heterocycles. The average molecular weight is 174 g/mol. The van der Waals surface area contributed by atoms with Crippen molar-refractivity contribution < 1.29 is 0 Å². The van der Waals surface area contributed by atoms with Gasteiger partial charge in [0.2, 0.25) is 0 Å². The number of pyridine rings is 1. The highest BCUT2D eigenvalue weighted by Crippen LogP contribution is 2.40. The van der Waals surface area contributed by atoms with Gasteiger partial charge in [-0.25, -0.2) is 4.98 Å². The van der Waals surface area contributed by atoms with Gasteiger partial charge in [-0.05, 0) is 42.7 Å². The predicted molar refractivity (Wildman–Crippen MR) is 53.0 cm³/mol. The summed E-state index contributed by atoms with van der Waals surface area (Å²) in [5.74, 6) is 1.95. The first-order chi connectivity index (χ1) is 6.43. The van der Waals surface area contributed by atoms with Gasteiger partial charge in [-0.15, -0.1) is 0 Å². The number of aromatic nitrogens is 1. The molecule has 0 amide bonds. The highest BCUT2D eigenvalue weighted by molar-refractivity contribution is 5.48. The monoisotopic (exact) mass is 174 g/mol. The molecule has 0 saturated heterocycles. The van der Waals surface area contributed by atoms with Gasteiger partial charge in [-0.3, -0.25) is 0 Å². The summed E-state index contributed by atoms with van der Waals surface area (Å²) in [5, 5.41) is 3.34. The van der Waals surface area contributed by atoms with E-state index in [-0.39, 0.29) is 0 Å². The fourth-order valence-corrected chi connectivity index (χ4v) is 2.00. The Bertz CT molecular complexity index is 329. The number of fused-ring (bicyclic) bond motifs is 1. The highest BCUT2D eigenvalue weighted by Gasteiger charge is 2.24. The first kappa shape index (κ1) is 7.36. The number of hydrogen-bond acceptors (Lipinski definition) is 2. The molecule has 0 radical (unpaired) electrons. The molecule has 13 heavy (non-hydrogen) atoms. The molecule has 0 atom stereocenters. The molecule has 2 heteroatoms. The summed E-state index contributed by atoms with van der Waals surface area (Å²) in [5.41, 5.74) is 2.89. The maximum atomic E-state index is 4.47. The molecule has 2 aliphatic rings. The third-order valence-corrected chi connectivity index (χ3v) is 2.95. The van der Waals surface area contributed by atoms with Crippen LogP contribution in [-0.2, 0) is 6.42 Å². The van der Waals surface area contributed by atoms with Gasteiger partial charge in [-0.2, -0.15) is 0 Å². The largest absolute Gasteiger partial charge is 0.370 e. The SMILES string of the molecule is c1nc2c(cc1C1CC1)CCCN2. The number of nitrogens with one attached hydrogen (secondary N) is 1. The maximum absolute atomic E-state index is 4.47. The zero-order valence-corrected chi connectivity index (χ0v) is 7.71. The van der Waals surface area contributed by atoms with E-state index in [2.05, 4.69) is 22.6 Å². The Morgan fingerprint density at radius 2 is 2.31 bits per heavy atom. The van der Waals surface area contributed by atoms with Gasteiger partial charge in [0, 0.05) is 12.7 Å². The number of hydrogen-bond donors (Lipinski definition) is 1. The minimum Gasteiger partial charge on any atom is -0.370 e. The van der Waals surface area contributed by atoms with Crippen LogP contribution in [0.1, 0.15) is 36.3 Å². The summed E-state index contributed by atoms with van der Waals surface area (Å²) >= 11 is 0. The van der Waals surface area contributed by atoms with Crippen molar-refractivity contribution in [2.75, 3.05) is 11.9 Å². The van der Waals surface area contributed by atoms with Crippen molar-refractivity contribution in [2.24, 2.45) is 0 Å². The van der Waals surface area contributed by atoms with E-state index in [9.17, 15) is 0 Å². The summed E-state index contributed by atoms with van der Waals surface area (Å²) in [6.07, 6.45) is 7.25. The molecule has 1 aromatic rings. The lowest BCUT2D eigenvalue weighted by Crippen LogP contribution is -2.13. The molecule has 1 N–H and O–H groups in total. The summed E-state index contributed by atoms with van der Waals surface area (Å²) in [6, 6.07) is 2.35. The van der Waals surface area contributed by atoms with E-state index in [4.69, 9.17) is 0 Å². The molecule has 0 spiro atoms. The minimum absolute atomic E-state index is 0.833. The van der Waals surface area contributed by atoms with E-state index < -0.39 is 0 Å². The molecule has 1 aliphatic heterocycles. The summed E-state index contributed by atoms with van der Waals surface area (Å²) in [4.78, 5) is 4.47. The molecule has 0 bridgehead atoms. The standard InChI is InChI=1S/C11H14N2/c1-2-9-6-10(8-3-4-8)7-13-11(9)12-5-1/h6-8H,1-5H2,(H,12,13). The second-order valence-electron chi connectivity index (χ2n) is 4.08. The van der Waals surface area contributed by atoms with Crippen LogP contribution in [0.3, 0.4) is 0 Å². The Labute approximate surface area is 78.4 Å². The van der Waals surface area contributed by atoms with Crippen LogP contribution in [0.5, 0.6) is 0 Å². The van der Waals surface area contributed by atoms with Crippen molar-refractivity contribution >= 4 is 5.82 Å². The van der Waals surface area contributed by atoms with Gasteiger partial charge in [0.15, 0.2) is 0 Å². The molecule has 0 aromatic carbocycles. The van der Waals surface area contributed by atoms with Crippen molar-refractivity contribution in [2.45, 2.75) is 31.6 Å². The first-order valence-electron chi connectivity index (χ1n) is 5.16. The Morgan fingerprint density at radius 3 is 3.15 bits per heavy atom. The summed E-state index contributed by atoms with van der Waals surface area (Å²) in [6.45, 7) is 1.09. The van der Waals surface area contributed by atoms with Gasteiger partial charge < -0.3 is 5.32 Å². The van der Waals surface area contributed by atoms with Crippen molar-refractivity contribution in [1.29, 1.82) is 0 Å². The van der Waals surface area contributed by atoms with Gasteiger partial charge in [0.25, 0.3) is 0 Å². The van der Waals surface area contributed by atoms with Crippen LogP contribution in [0, 0.1) is 0 Å². The smallest absolute Gasteiger partial charge is 0.129 e. The Kier molecular flexibility index (Phi) is 1.54. The van der Waals surface area contributed by atoms with Crippen LogP contribution in [0.15, 0.2) is 12.3 Å². The van der Waals surface area contributed by atoms with Gasteiger partial charge in [0.1, 0.15) is 5.82 Å². The lowest BCUT2D eigenvalue weighted by atomic mass is 10.0. The molecule has 68 valence electrons. The average Bonchev–Trinajstić information content (AvgIpc) is 3.00. The van der Waals surface area contributed by atoms with E-state index in [1.54, 1.807) is 0 Å². The third kappa shape index (κ3) is 1.30. The number of anilines is 1. The van der Waals surface area contributed by atoms with Crippen molar-refractivity contribution in [3.63, 3.8) is 0 Å². The molecular weight excluding hydrogens is 160 g/mol. The maximum Gasteiger partial charge on any atom is 0.129 e. The summed E-state index contributed by atoms with van der Waals surface area (Å²) < 4.78 is 0. The van der Waals surface area contributed by atoms with E-state index in [1.807, 2.05) is 0 Å². The molecule has 2 nitrogen and oxygen atoms in total. The van der Waals surface area contributed by atoms with Gasteiger partial charge in [-0.1, -0.05) is 6.07 Å². The van der Waals surface area contributed by atoms with Crippen LogP contribution in [-0.4, -0.2) is 11.5 Å². The Hall–Kier alpha value is -1.05. The number of aryl methyl sites for hydroxylation is 1. The topological polar surface area (TPSA) is 24.9 Å². The van der Waals surface area contributed by atoms with E-state index >= 15 is 0 Å². The lowest BCUT2D eigenvalue weighted by Gasteiger charge is -2.17. The number of rotatable bonds is 1. The second kappa shape index (κ2) is 2.72. The van der Waals surface area contributed by atoms with Gasteiger partial charge >= 0.3 is 0 Å². The number of nitrogens with zero attached hydrogens (tertiary/aromatic N) is 1. The van der Waals surface area contributed by atoms with E-state index in [0.29, 0.717) is 0 Å². The molecule has 2 heterocycles. The van der Waals surface area contributed by atoms with Crippen LogP contribution in [0.2, 0.25) is 0 Å². The lowest BCUT2D eigenvalue weighted by molar-refractivity contribution is 0.813. The molecular formula is C11H14N2. The van der Waals surface area contributed by atoms with Crippen LogP contribution >= 0.6 is 0 Å². The Morgan fingerprint density at radius 1 is 1.38 bits per heavy atom. The summed E-state index contributed by atoms with van der Waals surface area (Å²) in [7, 11) is 0.